The number of anilines is 1. The number of aromatic nitrogens is 2. The molecule has 0 saturated carbocycles. The number of nitrogens with zero attached hydrogens (tertiary/aromatic N) is 2. The summed E-state index contributed by atoms with van der Waals surface area (Å²) in [6, 6.07) is 19.7. The average Bonchev–Trinajstić information content (AvgIpc) is 3.39. The molecule has 0 radical (unpaired) electrons. The number of thiophene rings is 1. The Bertz CT molecular complexity index is 1030. The van der Waals surface area contributed by atoms with Crippen LogP contribution in [0.3, 0.4) is 0 Å². The summed E-state index contributed by atoms with van der Waals surface area (Å²) in [7, 11) is 0. The normalized spacial score (nSPS) is 10.7. The van der Waals surface area contributed by atoms with Gasteiger partial charge in [0.25, 0.3) is 0 Å². The third kappa shape index (κ3) is 4.12. The van der Waals surface area contributed by atoms with Crippen molar-refractivity contribution in [3.63, 3.8) is 0 Å². The molecule has 1 N–H and O–H groups in total. The number of carbonyl (C=O) groups excluding carboxylic acids is 1. The van der Waals surface area contributed by atoms with Gasteiger partial charge in [0.2, 0.25) is 17.6 Å². The summed E-state index contributed by atoms with van der Waals surface area (Å²) in [5.74, 6) is 0.928. The fourth-order valence-corrected chi connectivity index (χ4v) is 3.39. The summed E-state index contributed by atoms with van der Waals surface area (Å²) in [5, 5.41) is 10.9. The Kier molecular flexibility index (Phi) is 5.07. The summed E-state index contributed by atoms with van der Waals surface area (Å²) in [6.45, 7) is 0. The van der Waals surface area contributed by atoms with Crippen molar-refractivity contribution in [1.82, 2.24) is 10.1 Å². The topological polar surface area (TPSA) is 68.0 Å². The van der Waals surface area contributed by atoms with E-state index in [1.807, 2.05) is 71.4 Å². The molecule has 0 unspecified atom stereocenters. The van der Waals surface area contributed by atoms with Crippen LogP contribution in [0.2, 0.25) is 0 Å². The summed E-state index contributed by atoms with van der Waals surface area (Å²) in [6.07, 6.45) is 0.671. The van der Waals surface area contributed by atoms with Gasteiger partial charge in [0.15, 0.2) is 0 Å². The number of hydrogen-bond acceptors (Lipinski definition) is 5. The van der Waals surface area contributed by atoms with Crippen molar-refractivity contribution < 1.29 is 9.32 Å². The molecule has 0 fully saturated rings. The monoisotopic (exact) mass is 375 g/mol. The molecule has 0 atom stereocenters. The van der Waals surface area contributed by atoms with Gasteiger partial charge in [-0.15, -0.1) is 0 Å². The fourth-order valence-electron chi connectivity index (χ4n) is 2.76. The Hall–Kier alpha value is -3.25. The molecule has 1 amide bonds. The van der Waals surface area contributed by atoms with Crippen LogP contribution in [-0.2, 0) is 11.2 Å². The van der Waals surface area contributed by atoms with Gasteiger partial charge in [-0.2, -0.15) is 16.3 Å². The molecule has 5 nitrogen and oxygen atoms in total. The maximum atomic E-state index is 12.4. The van der Waals surface area contributed by atoms with Crippen LogP contribution < -0.4 is 5.32 Å². The van der Waals surface area contributed by atoms with E-state index in [2.05, 4.69) is 15.5 Å². The molecule has 2 aromatic carbocycles. The minimum Gasteiger partial charge on any atom is -0.339 e. The predicted molar refractivity (Wildman–Crippen MR) is 106 cm³/mol. The van der Waals surface area contributed by atoms with Crippen molar-refractivity contribution in [2.45, 2.75) is 12.8 Å². The summed E-state index contributed by atoms with van der Waals surface area (Å²) in [5.41, 5.74) is 3.77. The Morgan fingerprint density at radius 3 is 2.63 bits per heavy atom. The van der Waals surface area contributed by atoms with E-state index in [4.69, 9.17) is 4.52 Å². The molecule has 0 aliphatic heterocycles. The van der Waals surface area contributed by atoms with Crippen molar-refractivity contribution in [3.05, 3.63) is 77.3 Å². The second kappa shape index (κ2) is 7.97. The van der Waals surface area contributed by atoms with Crippen LogP contribution in [0.4, 0.5) is 5.69 Å². The molecular weight excluding hydrogens is 358 g/mol. The highest BCUT2D eigenvalue weighted by Gasteiger charge is 2.12. The summed E-state index contributed by atoms with van der Waals surface area (Å²) in [4.78, 5) is 16.8. The molecule has 2 aromatic heterocycles. The van der Waals surface area contributed by atoms with Gasteiger partial charge in [-0.1, -0.05) is 53.7 Å². The molecule has 4 rings (SSSR count). The zero-order valence-corrected chi connectivity index (χ0v) is 15.3. The molecule has 0 saturated heterocycles. The van der Waals surface area contributed by atoms with Gasteiger partial charge in [0, 0.05) is 35.0 Å². The number of carbonyl (C=O) groups is 1. The Morgan fingerprint density at radius 1 is 1.00 bits per heavy atom. The van der Waals surface area contributed by atoms with Gasteiger partial charge in [0.05, 0.1) is 0 Å². The third-order valence-corrected chi connectivity index (χ3v) is 4.78. The molecule has 27 heavy (non-hydrogen) atoms. The zero-order chi connectivity index (χ0) is 18.5. The second-order valence-corrected chi connectivity index (χ2v) is 6.76. The first-order chi connectivity index (χ1) is 13.3. The SMILES string of the molecule is O=C(CCc1nc(-c2ccsc2)no1)Nc1ccccc1-c1ccccc1. The highest BCUT2D eigenvalue weighted by molar-refractivity contribution is 7.08. The highest BCUT2D eigenvalue weighted by Crippen LogP contribution is 2.27. The number of benzene rings is 2. The number of aryl methyl sites for hydroxylation is 1. The second-order valence-electron chi connectivity index (χ2n) is 5.98. The lowest BCUT2D eigenvalue weighted by Crippen LogP contribution is -2.13. The van der Waals surface area contributed by atoms with E-state index in [0.717, 1.165) is 22.4 Å². The first-order valence-electron chi connectivity index (χ1n) is 8.59. The highest BCUT2D eigenvalue weighted by atomic mass is 32.1. The molecule has 134 valence electrons. The first kappa shape index (κ1) is 17.2. The van der Waals surface area contributed by atoms with Crippen LogP contribution in [0.25, 0.3) is 22.5 Å². The minimum absolute atomic E-state index is 0.0892. The maximum absolute atomic E-state index is 12.4. The fraction of sp³-hybridized carbons (Fsp3) is 0.0952. The molecule has 4 aromatic rings. The lowest BCUT2D eigenvalue weighted by Gasteiger charge is -2.11. The van der Waals surface area contributed by atoms with Crippen molar-refractivity contribution >= 4 is 22.9 Å². The van der Waals surface area contributed by atoms with Crippen LogP contribution in [0.1, 0.15) is 12.3 Å². The molecule has 2 heterocycles. The summed E-state index contributed by atoms with van der Waals surface area (Å²) < 4.78 is 5.25. The zero-order valence-electron chi connectivity index (χ0n) is 14.5. The Labute approximate surface area is 160 Å². The van der Waals surface area contributed by atoms with Crippen LogP contribution in [0, 0.1) is 0 Å². The number of amides is 1. The average molecular weight is 375 g/mol. The molecule has 6 heteroatoms. The van der Waals surface area contributed by atoms with Gasteiger partial charge in [0.1, 0.15) is 0 Å². The van der Waals surface area contributed by atoms with Gasteiger partial charge < -0.3 is 9.84 Å². The molecular formula is C21H17N3O2S. The van der Waals surface area contributed by atoms with Crippen molar-refractivity contribution in [3.8, 4) is 22.5 Å². The molecule has 0 bridgehead atoms. The van der Waals surface area contributed by atoms with E-state index >= 15 is 0 Å². The van der Waals surface area contributed by atoms with Crippen molar-refractivity contribution in [2.24, 2.45) is 0 Å². The molecule has 0 spiro atoms. The molecule has 0 aliphatic rings. The number of hydrogen-bond donors (Lipinski definition) is 1. The van der Waals surface area contributed by atoms with Crippen LogP contribution in [0.15, 0.2) is 75.9 Å². The van der Waals surface area contributed by atoms with E-state index in [9.17, 15) is 4.79 Å². The minimum atomic E-state index is -0.0892. The van der Waals surface area contributed by atoms with E-state index in [1.165, 1.54) is 0 Å². The van der Waals surface area contributed by atoms with Crippen molar-refractivity contribution in [1.29, 1.82) is 0 Å². The number of para-hydroxylation sites is 1. The molecule has 0 aliphatic carbocycles. The van der Waals surface area contributed by atoms with Gasteiger partial charge in [-0.25, -0.2) is 0 Å². The van der Waals surface area contributed by atoms with Gasteiger partial charge in [-0.3, -0.25) is 4.79 Å². The van der Waals surface area contributed by atoms with Gasteiger partial charge >= 0.3 is 0 Å². The smallest absolute Gasteiger partial charge is 0.227 e. The largest absolute Gasteiger partial charge is 0.339 e. The van der Waals surface area contributed by atoms with E-state index in [0.29, 0.717) is 18.1 Å². The van der Waals surface area contributed by atoms with E-state index in [-0.39, 0.29) is 12.3 Å². The van der Waals surface area contributed by atoms with Crippen LogP contribution in [-0.4, -0.2) is 16.0 Å². The number of rotatable bonds is 6. The quantitative estimate of drug-likeness (QED) is 0.513. The first-order valence-corrected chi connectivity index (χ1v) is 9.53. The van der Waals surface area contributed by atoms with Crippen LogP contribution >= 0.6 is 11.3 Å². The van der Waals surface area contributed by atoms with Crippen molar-refractivity contribution in [2.75, 3.05) is 5.32 Å². The maximum Gasteiger partial charge on any atom is 0.227 e. The standard InChI is InChI=1S/C21H17N3O2S/c25-19(10-11-20-23-21(24-26-20)16-12-13-27-14-16)22-18-9-5-4-8-17(18)15-6-2-1-3-7-15/h1-9,12-14H,10-11H2,(H,22,25). The van der Waals surface area contributed by atoms with E-state index < -0.39 is 0 Å². The Morgan fingerprint density at radius 2 is 1.81 bits per heavy atom. The summed E-state index contributed by atoms with van der Waals surface area (Å²) >= 11 is 1.58. The van der Waals surface area contributed by atoms with E-state index in [1.54, 1.807) is 11.3 Å². The van der Waals surface area contributed by atoms with Gasteiger partial charge in [-0.05, 0) is 23.1 Å². The van der Waals surface area contributed by atoms with Crippen LogP contribution in [0.5, 0.6) is 0 Å². The predicted octanol–water partition coefficient (Wildman–Crippen LogP) is 5.04. The lowest BCUT2D eigenvalue weighted by atomic mass is 10.0. The Balaban J connectivity index is 1.41. The number of nitrogens with one attached hydrogen (secondary N) is 1. The lowest BCUT2D eigenvalue weighted by molar-refractivity contribution is -0.116. The third-order valence-electron chi connectivity index (χ3n) is 4.10.